The highest BCUT2D eigenvalue weighted by Crippen LogP contribution is 2.17. The van der Waals surface area contributed by atoms with Gasteiger partial charge in [0.15, 0.2) is 5.92 Å². The van der Waals surface area contributed by atoms with Crippen LogP contribution < -0.4 is 0 Å². The molecule has 0 aliphatic carbocycles. The number of rotatable bonds is 4. The lowest BCUT2D eigenvalue weighted by molar-refractivity contribution is -0.150. The Labute approximate surface area is 85.6 Å². The molecule has 3 N–H and O–H groups in total. The fourth-order valence-corrected chi connectivity index (χ4v) is 1.21. The van der Waals surface area contributed by atoms with Crippen LogP contribution in [0.2, 0.25) is 0 Å². The van der Waals surface area contributed by atoms with Gasteiger partial charge in [-0.1, -0.05) is 24.3 Å². The zero-order valence-electron chi connectivity index (χ0n) is 7.75. The molecule has 15 heavy (non-hydrogen) atoms. The summed E-state index contributed by atoms with van der Waals surface area (Å²) in [5, 5.41) is 26.1. The van der Waals surface area contributed by atoms with Crippen molar-refractivity contribution < 1.29 is 24.9 Å². The van der Waals surface area contributed by atoms with Gasteiger partial charge in [0, 0.05) is 0 Å². The quantitative estimate of drug-likeness (QED) is 0.626. The summed E-state index contributed by atoms with van der Waals surface area (Å²) in [6, 6.07) is 5.76. The maximum absolute atomic E-state index is 10.7. The monoisotopic (exact) mass is 210 g/mol. The van der Waals surface area contributed by atoms with Crippen LogP contribution in [-0.2, 0) is 16.2 Å². The van der Waals surface area contributed by atoms with Crippen LogP contribution in [0.25, 0.3) is 0 Å². The molecule has 1 rings (SSSR count). The Morgan fingerprint density at radius 3 is 1.87 bits per heavy atom. The highest BCUT2D eigenvalue weighted by Gasteiger charge is 2.27. The Morgan fingerprint density at radius 2 is 1.53 bits per heavy atom. The van der Waals surface area contributed by atoms with Crippen molar-refractivity contribution in [3.8, 4) is 0 Å². The number of benzene rings is 1. The van der Waals surface area contributed by atoms with Gasteiger partial charge in [0.1, 0.15) is 0 Å². The van der Waals surface area contributed by atoms with E-state index >= 15 is 0 Å². The number of hydrogen-bond acceptors (Lipinski definition) is 3. The molecule has 0 aliphatic heterocycles. The van der Waals surface area contributed by atoms with Crippen LogP contribution in [0.5, 0.6) is 0 Å². The maximum atomic E-state index is 10.7. The van der Waals surface area contributed by atoms with Crippen molar-refractivity contribution in [1.29, 1.82) is 0 Å². The predicted molar refractivity (Wildman–Crippen MR) is 50.4 cm³/mol. The molecule has 0 bridgehead atoms. The standard InChI is InChI=1S/C10H10O5/c11-5-6-1-3-7(4-2-6)8(9(12)13)10(14)15/h1-4,8,11H,5H2,(H,12,13)(H,14,15). The zero-order chi connectivity index (χ0) is 11.4. The second-order valence-electron chi connectivity index (χ2n) is 3.01. The van der Waals surface area contributed by atoms with E-state index in [2.05, 4.69) is 0 Å². The Kier molecular flexibility index (Phi) is 3.41. The third-order valence-corrected chi connectivity index (χ3v) is 1.99. The van der Waals surface area contributed by atoms with E-state index in [-0.39, 0.29) is 12.2 Å². The molecule has 0 saturated heterocycles. The van der Waals surface area contributed by atoms with Gasteiger partial charge in [-0.2, -0.15) is 0 Å². The molecule has 5 nitrogen and oxygen atoms in total. The average Bonchev–Trinajstić information content (AvgIpc) is 2.18. The molecule has 0 aromatic heterocycles. The van der Waals surface area contributed by atoms with Crippen LogP contribution in [0.1, 0.15) is 17.0 Å². The van der Waals surface area contributed by atoms with Crippen molar-refractivity contribution in [2.45, 2.75) is 12.5 Å². The van der Waals surface area contributed by atoms with Crippen LogP contribution in [0.3, 0.4) is 0 Å². The summed E-state index contributed by atoms with van der Waals surface area (Å²) in [5.41, 5.74) is 0.792. The minimum atomic E-state index is -1.56. The van der Waals surface area contributed by atoms with Crippen molar-refractivity contribution in [3.05, 3.63) is 35.4 Å². The van der Waals surface area contributed by atoms with Crippen LogP contribution in [0, 0.1) is 0 Å². The van der Waals surface area contributed by atoms with Gasteiger partial charge in [-0.05, 0) is 11.1 Å². The first-order valence-corrected chi connectivity index (χ1v) is 4.21. The number of carboxylic acid groups (broad SMARTS) is 2. The minimum absolute atomic E-state index is 0.162. The Bertz CT molecular complexity index is 354. The topological polar surface area (TPSA) is 94.8 Å². The number of carboxylic acids is 2. The van der Waals surface area contributed by atoms with Gasteiger partial charge >= 0.3 is 11.9 Å². The number of aliphatic hydroxyl groups is 1. The molecule has 0 aliphatic rings. The Hall–Kier alpha value is -1.88. The van der Waals surface area contributed by atoms with Crippen LogP contribution in [0.15, 0.2) is 24.3 Å². The summed E-state index contributed by atoms with van der Waals surface area (Å²) in [7, 11) is 0. The zero-order valence-corrected chi connectivity index (χ0v) is 7.75. The summed E-state index contributed by atoms with van der Waals surface area (Å²) < 4.78 is 0. The number of aliphatic carboxylic acids is 2. The Morgan fingerprint density at radius 1 is 1.07 bits per heavy atom. The van der Waals surface area contributed by atoms with Crippen molar-refractivity contribution in [2.75, 3.05) is 0 Å². The molecule has 0 spiro atoms. The molecule has 0 atom stereocenters. The van der Waals surface area contributed by atoms with Gasteiger partial charge in [-0.3, -0.25) is 9.59 Å². The second kappa shape index (κ2) is 4.56. The molecule has 80 valence electrons. The molecule has 0 radical (unpaired) electrons. The molecule has 1 aromatic rings. The maximum Gasteiger partial charge on any atom is 0.322 e. The molecule has 0 heterocycles. The van der Waals surface area contributed by atoms with Gasteiger partial charge in [-0.25, -0.2) is 0 Å². The lowest BCUT2D eigenvalue weighted by atomic mass is 9.98. The molecule has 5 heteroatoms. The van der Waals surface area contributed by atoms with Crippen LogP contribution >= 0.6 is 0 Å². The van der Waals surface area contributed by atoms with Gasteiger partial charge in [0.2, 0.25) is 0 Å². The van der Waals surface area contributed by atoms with E-state index < -0.39 is 17.9 Å². The van der Waals surface area contributed by atoms with E-state index in [1.807, 2.05) is 0 Å². The lowest BCUT2D eigenvalue weighted by Crippen LogP contribution is -2.20. The van der Waals surface area contributed by atoms with Crippen molar-refractivity contribution in [3.63, 3.8) is 0 Å². The fraction of sp³-hybridized carbons (Fsp3) is 0.200. The summed E-state index contributed by atoms with van der Waals surface area (Å²) in [5.74, 6) is -4.36. The molecule has 0 amide bonds. The SMILES string of the molecule is O=C(O)C(C(=O)O)c1ccc(CO)cc1. The third-order valence-electron chi connectivity index (χ3n) is 1.99. The summed E-state index contributed by atoms with van der Waals surface area (Å²) in [6.07, 6.45) is 0. The predicted octanol–water partition coefficient (Wildman–Crippen LogP) is 0.432. The average molecular weight is 210 g/mol. The third kappa shape index (κ3) is 2.54. The van der Waals surface area contributed by atoms with Crippen molar-refractivity contribution in [1.82, 2.24) is 0 Å². The van der Waals surface area contributed by atoms with E-state index in [1.165, 1.54) is 24.3 Å². The second-order valence-corrected chi connectivity index (χ2v) is 3.01. The first-order valence-electron chi connectivity index (χ1n) is 4.21. The van der Waals surface area contributed by atoms with Crippen LogP contribution in [-0.4, -0.2) is 27.3 Å². The molecular weight excluding hydrogens is 200 g/mol. The van der Waals surface area contributed by atoms with Gasteiger partial charge in [-0.15, -0.1) is 0 Å². The Balaban J connectivity index is 3.02. The van der Waals surface area contributed by atoms with Crippen molar-refractivity contribution in [2.24, 2.45) is 0 Å². The molecule has 1 aromatic carbocycles. The summed E-state index contributed by atoms with van der Waals surface area (Å²) in [6.45, 7) is -0.162. The van der Waals surface area contributed by atoms with E-state index in [1.54, 1.807) is 0 Å². The first-order chi connectivity index (χ1) is 7.06. The van der Waals surface area contributed by atoms with E-state index in [9.17, 15) is 9.59 Å². The van der Waals surface area contributed by atoms with E-state index in [0.29, 0.717) is 5.56 Å². The summed E-state index contributed by atoms with van der Waals surface area (Å²) >= 11 is 0. The first kappa shape index (κ1) is 11.2. The van der Waals surface area contributed by atoms with Gasteiger partial charge in [0.25, 0.3) is 0 Å². The smallest absolute Gasteiger partial charge is 0.322 e. The highest BCUT2D eigenvalue weighted by atomic mass is 16.4. The molecular formula is C10H10O5. The van der Waals surface area contributed by atoms with E-state index in [4.69, 9.17) is 15.3 Å². The molecule has 0 fully saturated rings. The normalized spacial score (nSPS) is 10.3. The minimum Gasteiger partial charge on any atom is -0.480 e. The van der Waals surface area contributed by atoms with Gasteiger partial charge < -0.3 is 15.3 Å². The number of hydrogen-bond donors (Lipinski definition) is 3. The van der Waals surface area contributed by atoms with Crippen molar-refractivity contribution >= 4 is 11.9 Å². The largest absolute Gasteiger partial charge is 0.480 e. The number of aliphatic hydroxyl groups excluding tert-OH is 1. The fourth-order valence-electron chi connectivity index (χ4n) is 1.21. The molecule has 0 unspecified atom stereocenters. The number of carbonyl (C=O) groups is 2. The van der Waals surface area contributed by atoms with Crippen LogP contribution in [0.4, 0.5) is 0 Å². The van der Waals surface area contributed by atoms with Gasteiger partial charge in [0.05, 0.1) is 6.61 Å². The highest BCUT2D eigenvalue weighted by molar-refractivity contribution is 5.98. The summed E-state index contributed by atoms with van der Waals surface area (Å²) in [4.78, 5) is 21.3. The lowest BCUT2D eigenvalue weighted by Gasteiger charge is -2.07. The molecule has 0 saturated carbocycles. The van der Waals surface area contributed by atoms with E-state index in [0.717, 1.165) is 0 Å².